The van der Waals surface area contributed by atoms with Gasteiger partial charge < -0.3 is 10.4 Å². The van der Waals surface area contributed by atoms with Crippen LogP contribution >= 0.6 is 0 Å². The second kappa shape index (κ2) is 7.56. The van der Waals surface area contributed by atoms with Crippen LogP contribution in [0, 0.1) is 23.7 Å². The van der Waals surface area contributed by atoms with E-state index >= 15 is 0 Å². The minimum absolute atomic E-state index is 0.224. The lowest BCUT2D eigenvalue weighted by Crippen LogP contribution is -2.45. The predicted octanol–water partition coefficient (Wildman–Crippen LogP) is 1.99. The second-order valence-electron chi connectivity index (χ2n) is 7.43. The van der Waals surface area contributed by atoms with Gasteiger partial charge in [0.25, 0.3) is 5.91 Å². The van der Waals surface area contributed by atoms with Crippen LogP contribution in [-0.4, -0.2) is 42.1 Å². The summed E-state index contributed by atoms with van der Waals surface area (Å²) in [4.78, 5) is 15.3. The number of rotatable bonds is 5. The number of nitrogens with one attached hydrogen (secondary N) is 1. The molecule has 1 amide bonds. The maximum absolute atomic E-state index is 12.9. The number of piperidine rings is 1. The SMILES string of the molecule is O=C(NCC#CCN1C[C@H]2C[C@H]2C1)C(O)(c1ccccc1)c1ccccc1. The topological polar surface area (TPSA) is 52.6 Å². The Labute approximate surface area is 160 Å². The normalized spacial score (nSPS) is 21.1. The Balaban J connectivity index is 1.42. The van der Waals surface area contributed by atoms with E-state index in [1.807, 2.05) is 36.4 Å². The van der Waals surface area contributed by atoms with Gasteiger partial charge in [0, 0.05) is 13.1 Å². The van der Waals surface area contributed by atoms with Crippen molar-refractivity contribution in [2.45, 2.75) is 12.0 Å². The Morgan fingerprint density at radius 1 is 1.00 bits per heavy atom. The Kier molecular flexibility index (Phi) is 4.98. The fourth-order valence-corrected chi connectivity index (χ4v) is 3.89. The van der Waals surface area contributed by atoms with Crippen molar-refractivity contribution in [3.05, 3.63) is 71.8 Å². The molecule has 0 unspecified atom stereocenters. The minimum atomic E-state index is -1.74. The van der Waals surface area contributed by atoms with Crippen LogP contribution in [0.5, 0.6) is 0 Å². The van der Waals surface area contributed by atoms with Crippen LogP contribution in [0.4, 0.5) is 0 Å². The lowest BCUT2D eigenvalue weighted by atomic mass is 9.85. The number of carbonyl (C=O) groups excluding carboxylic acids is 1. The van der Waals surface area contributed by atoms with Crippen molar-refractivity contribution >= 4 is 5.91 Å². The van der Waals surface area contributed by atoms with Crippen LogP contribution in [0.2, 0.25) is 0 Å². The van der Waals surface area contributed by atoms with E-state index in [9.17, 15) is 9.90 Å². The molecule has 27 heavy (non-hydrogen) atoms. The fraction of sp³-hybridized carbons (Fsp3) is 0.348. The first-order valence-electron chi connectivity index (χ1n) is 9.47. The van der Waals surface area contributed by atoms with E-state index in [1.54, 1.807) is 24.3 Å². The largest absolute Gasteiger partial charge is 0.372 e. The molecule has 1 saturated heterocycles. The monoisotopic (exact) mass is 360 g/mol. The molecule has 0 bridgehead atoms. The summed E-state index contributed by atoms with van der Waals surface area (Å²) in [6.07, 6.45) is 1.39. The van der Waals surface area contributed by atoms with E-state index < -0.39 is 11.5 Å². The summed E-state index contributed by atoms with van der Waals surface area (Å²) in [6, 6.07) is 18.0. The van der Waals surface area contributed by atoms with E-state index in [0.29, 0.717) is 11.1 Å². The van der Waals surface area contributed by atoms with Crippen LogP contribution in [0.25, 0.3) is 0 Å². The third-order valence-corrected chi connectivity index (χ3v) is 5.53. The zero-order valence-electron chi connectivity index (χ0n) is 15.3. The molecule has 2 fully saturated rings. The average molecular weight is 360 g/mol. The lowest BCUT2D eigenvalue weighted by Gasteiger charge is -2.27. The molecule has 1 saturated carbocycles. The van der Waals surface area contributed by atoms with Gasteiger partial charge in [-0.25, -0.2) is 0 Å². The average Bonchev–Trinajstić information content (AvgIpc) is 3.34. The number of nitrogens with zero attached hydrogens (tertiary/aromatic N) is 1. The van der Waals surface area contributed by atoms with Gasteiger partial charge in [0.05, 0.1) is 13.1 Å². The van der Waals surface area contributed by atoms with Gasteiger partial charge in [-0.2, -0.15) is 0 Å². The van der Waals surface area contributed by atoms with Crippen LogP contribution in [0.1, 0.15) is 17.5 Å². The van der Waals surface area contributed by atoms with E-state index in [-0.39, 0.29) is 6.54 Å². The van der Waals surface area contributed by atoms with Gasteiger partial charge in [-0.1, -0.05) is 72.5 Å². The molecule has 4 nitrogen and oxygen atoms in total. The molecular weight excluding hydrogens is 336 g/mol. The number of fused-ring (bicyclic) bond motifs is 1. The van der Waals surface area contributed by atoms with Crippen molar-refractivity contribution in [1.29, 1.82) is 0 Å². The van der Waals surface area contributed by atoms with Crippen LogP contribution < -0.4 is 5.32 Å². The Hall–Kier alpha value is -2.61. The molecule has 2 aliphatic rings. The molecule has 2 aromatic carbocycles. The van der Waals surface area contributed by atoms with Crippen LogP contribution in [-0.2, 0) is 10.4 Å². The summed E-state index contributed by atoms with van der Waals surface area (Å²) in [6.45, 7) is 3.30. The van der Waals surface area contributed by atoms with Gasteiger partial charge in [0.1, 0.15) is 0 Å². The van der Waals surface area contributed by atoms with Crippen molar-refractivity contribution in [3.63, 3.8) is 0 Å². The maximum Gasteiger partial charge on any atom is 0.262 e. The molecule has 0 radical (unpaired) electrons. The summed E-state index contributed by atoms with van der Waals surface area (Å²) >= 11 is 0. The predicted molar refractivity (Wildman–Crippen MR) is 105 cm³/mol. The zero-order chi connectivity index (χ0) is 18.7. The van der Waals surface area contributed by atoms with Crippen LogP contribution in [0.3, 0.4) is 0 Å². The van der Waals surface area contributed by atoms with E-state index in [0.717, 1.165) is 31.5 Å². The molecule has 2 atom stereocenters. The number of amides is 1. The van der Waals surface area contributed by atoms with Gasteiger partial charge in [-0.15, -0.1) is 0 Å². The maximum atomic E-state index is 12.9. The minimum Gasteiger partial charge on any atom is -0.372 e. The fourth-order valence-electron chi connectivity index (χ4n) is 3.89. The molecule has 1 aliphatic heterocycles. The molecule has 0 aromatic heterocycles. The van der Waals surface area contributed by atoms with E-state index in [1.165, 1.54) is 6.42 Å². The highest BCUT2D eigenvalue weighted by Crippen LogP contribution is 2.44. The Bertz CT molecular complexity index is 805. The van der Waals surface area contributed by atoms with Gasteiger partial charge in [0.15, 0.2) is 5.60 Å². The second-order valence-corrected chi connectivity index (χ2v) is 7.43. The number of likely N-dealkylation sites (tertiary alicyclic amines) is 1. The summed E-state index contributed by atoms with van der Waals surface area (Å²) < 4.78 is 0. The van der Waals surface area contributed by atoms with Crippen molar-refractivity contribution in [1.82, 2.24) is 10.2 Å². The number of aliphatic hydroxyl groups is 1. The molecule has 2 aromatic rings. The zero-order valence-corrected chi connectivity index (χ0v) is 15.3. The van der Waals surface area contributed by atoms with Crippen molar-refractivity contribution in [2.24, 2.45) is 11.8 Å². The molecular formula is C23H24N2O2. The van der Waals surface area contributed by atoms with Gasteiger partial charge in [-0.3, -0.25) is 9.69 Å². The number of benzene rings is 2. The number of hydrogen-bond acceptors (Lipinski definition) is 3. The standard InChI is InChI=1S/C23H24N2O2/c26-22(24-13-7-8-14-25-16-18-15-19(18)17-25)23(27,20-9-3-1-4-10-20)21-11-5-2-6-12-21/h1-6,9-12,18-19,27H,13-17H2,(H,24,26)/t18-,19+. The summed E-state index contributed by atoms with van der Waals surface area (Å²) in [5, 5.41) is 14.1. The number of carbonyl (C=O) groups is 1. The van der Waals surface area contributed by atoms with E-state index in [4.69, 9.17) is 0 Å². The summed E-state index contributed by atoms with van der Waals surface area (Å²) in [5.74, 6) is 7.49. The summed E-state index contributed by atoms with van der Waals surface area (Å²) in [5.41, 5.74) is -0.656. The highest BCUT2D eigenvalue weighted by molar-refractivity contribution is 5.90. The smallest absolute Gasteiger partial charge is 0.262 e. The molecule has 138 valence electrons. The molecule has 2 N–H and O–H groups in total. The van der Waals surface area contributed by atoms with Crippen LogP contribution in [0.15, 0.2) is 60.7 Å². The first-order valence-corrected chi connectivity index (χ1v) is 9.47. The third-order valence-electron chi connectivity index (χ3n) is 5.53. The first kappa shape index (κ1) is 17.8. The van der Waals surface area contributed by atoms with Gasteiger partial charge in [-0.05, 0) is 29.4 Å². The van der Waals surface area contributed by atoms with Crippen molar-refractivity contribution < 1.29 is 9.90 Å². The Morgan fingerprint density at radius 3 is 2.11 bits per heavy atom. The van der Waals surface area contributed by atoms with Gasteiger partial charge in [0.2, 0.25) is 0 Å². The van der Waals surface area contributed by atoms with Gasteiger partial charge >= 0.3 is 0 Å². The lowest BCUT2D eigenvalue weighted by molar-refractivity contribution is -0.136. The van der Waals surface area contributed by atoms with E-state index in [2.05, 4.69) is 22.1 Å². The Morgan fingerprint density at radius 2 is 1.56 bits per heavy atom. The molecule has 1 aliphatic carbocycles. The molecule has 4 rings (SSSR count). The first-order chi connectivity index (χ1) is 13.2. The highest BCUT2D eigenvalue weighted by Gasteiger charge is 2.44. The molecule has 4 heteroatoms. The molecule has 0 spiro atoms. The van der Waals surface area contributed by atoms with Crippen molar-refractivity contribution in [2.75, 3.05) is 26.2 Å². The quantitative estimate of drug-likeness (QED) is 0.802. The van der Waals surface area contributed by atoms with Crippen molar-refractivity contribution in [3.8, 4) is 11.8 Å². The highest BCUT2D eigenvalue weighted by atomic mass is 16.3. The number of hydrogen-bond donors (Lipinski definition) is 2. The molecule has 1 heterocycles. The third kappa shape index (κ3) is 3.75. The summed E-state index contributed by atoms with van der Waals surface area (Å²) in [7, 11) is 0.